The van der Waals surface area contributed by atoms with Crippen LogP contribution in [0.5, 0.6) is 0 Å². The quantitative estimate of drug-likeness (QED) is 0.738. The molecule has 1 amide bonds. The molecule has 3 nitrogen and oxygen atoms in total. The zero-order valence-electron chi connectivity index (χ0n) is 10.1. The lowest BCUT2D eigenvalue weighted by atomic mass is 10.2. The lowest BCUT2D eigenvalue weighted by Crippen LogP contribution is -2.32. The molecular weight excluding hydrogens is 200 g/mol. The Hall–Kier alpha value is -1.38. The molecule has 0 fully saturated rings. The number of aromatic nitrogens is 1. The predicted molar refractivity (Wildman–Crippen MR) is 65.3 cm³/mol. The number of carbonyl (C=O) groups excluding carboxylic acids is 1. The fourth-order valence-electron chi connectivity index (χ4n) is 1.61. The van der Waals surface area contributed by atoms with Gasteiger partial charge in [-0.25, -0.2) is 0 Å². The van der Waals surface area contributed by atoms with Crippen molar-refractivity contribution in [2.24, 2.45) is 0 Å². The van der Waals surface area contributed by atoms with E-state index in [0.29, 0.717) is 5.56 Å². The first-order valence-corrected chi connectivity index (χ1v) is 5.98. The van der Waals surface area contributed by atoms with Gasteiger partial charge in [0.05, 0.1) is 5.56 Å². The molecule has 0 aromatic carbocycles. The molecule has 16 heavy (non-hydrogen) atoms. The molecule has 0 saturated heterocycles. The van der Waals surface area contributed by atoms with Crippen LogP contribution in [0.15, 0.2) is 24.5 Å². The summed E-state index contributed by atoms with van der Waals surface area (Å²) in [7, 11) is 0. The van der Waals surface area contributed by atoms with E-state index in [9.17, 15) is 4.79 Å². The average molecular weight is 220 g/mol. The summed E-state index contributed by atoms with van der Waals surface area (Å²) in [6.07, 6.45) is 6.49. The minimum absolute atomic E-state index is 0.100. The summed E-state index contributed by atoms with van der Waals surface area (Å²) in [5, 5.41) is 0. The van der Waals surface area contributed by atoms with Crippen molar-refractivity contribution in [1.29, 1.82) is 0 Å². The van der Waals surface area contributed by atoms with E-state index in [0.717, 1.165) is 32.4 Å². The SMILES string of the molecule is CCCCN(CCC)C(=O)c1cccnc1. The van der Waals surface area contributed by atoms with Crippen LogP contribution >= 0.6 is 0 Å². The summed E-state index contributed by atoms with van der Waals surface area (Å²) < 4.78 is 0. The maximum absolute atomic E-state index is 12.1. The van der Waals surface area contributed by atoms with Crippen LogP contribution in [0.4, 0.5) is 0 Å². The molecule has 0 aliphatic heterocycles. The fraction of sp³-hybridized carbons (Fsp3) is 0.538. The van der Waals surface area contributed by atoms with E-state index >= 15 is 0 Å². The van der Waals surface area contributed by atoms with Crippen molar-refractivity contribution in [2.75, 3.05) is 13.1 Å². The molecule has 1 aromatic rings. The van der Waals surface area contributed by atoms with Crippen LogP contribution in [-0.4, -0.2) is 28.9 Å². The van der Waals surface area contributed by atoms with Gasteiger partial charge in [-0.1, -0.05) is 20.3 Å². The smallest absolute Gasteiger partial charge is 0.255 e. The van der Waals surface area contributed by atoms with Crippen molar-refractivity contribution in [3.63, 3.8) is 0 Å². The Bertz CT molecular complexity index is 311. The van der Waals surface area contributed by atoms with Gasteiger partial charge in [0.25, 0.3) is 5.91 Å². The third kappa shape index (κ3) is 3.65. The van der Waals surface area contributed by atoms with Crippen molar-refractivity contribution in [1.82, 2.24) is 9.88 Å². The summed E-state index contributed by atoms with van der Waals surface area (Å²) in [5.74, 6) is 0.100. The number of amides is 1. The average Bonchev–Trinajstić information content (AvgIpc) is 2.35. The maximum atomic E-state index is 12.1. The van der Waals surface area contributed by atoms with Crippen molar-refractivity contribution in [2.45, 2.75) is 33.1 Å². The van der Waals surface area contributed by atoms with Crippen molar-refractivity contribution >= 4 is 5.91 Å². The Morgan fingerprint density at radius 2 is 2.12 bits per heavy atom. The molecule has 0 unspecified atom stereocenters. The minimum Gasteiger partial charge on any atom is -0.339 e. The van der Waals surface area contributed by atoms with Gasteiger partial charge in [0, 0.05) is 25.5 Å². The van der Waals surface area contributed by atoms with Gasteiger partial charge in [0.1, 0.15) is 0 Å². The van der Waals surface area contributed by atoms with E-state index in [2.05, 4.69) is 18.8 Å². The molecule has 88 valence electrons. The highest BCUT2D eigenvalue weighted by Crippen LogP contribution is 2.05. The van der Waals surface area contributed by atoms with Gasteiger partial charge in [-0.05, 0) is 25.0 Å². The summed E-state index contributed by atoms with van der Waals surface area (Å²) in [6.45, 7) is 5.90. The van der Waals surface area contributed by atoms with Crippen LogP contribution < -0.4 is 0 Å². The lowest BCUT2D eigenvalue weighted by molar-refractivity contribution is 0.0753. The molecule has 0 saturated carbocycles. The number of hydrogen-bond acceptors (Lipinski definition) is 2. The molecule has 0 radical (unpaired) electrons. The van der Waals surface area contributed by atoms with E-state index < -0.39 is 0 Å². The van der Waals surface area contributed by atoms with Gasteiger partial charge >= 0.3 is 0 Å². The number of hydrogen-bond donors (Lipinski definition) is 0. The molecule has 1 aromatic heterocycles. The third-order valence-corrected chi connectivity index (χ3v) is 2.47. The molecule has 0 aliphatic carbocycles. The molecule has 0 aliphatic rings. The first kappa shape index (κ1) is 12.7. The first-order valence-electron chi connectivity index (χ1n) is 5.98. The van der Waals surface area contributed by atoms with Gasteiger partial charge < -0.3 is 4.90 Å². The summed E-state index contributed by atoms with van der Waals surface area (Å²) in [5.41, 5.74) is 0.687. The zero-order chi connectivity index (χ0) is 11.8. The topological polar surface area (TPSA) is 33.2 Å². The monoisotopic (exact) mass is 220 g/mol. The highest BCUT2D eigenvalue weighted by Gasteiger charge is 2.13. The summed E-state index contributed by atoms with van der Waals surface area (Å²) >= 11 is 0. The first-order chi connectivity index (χ1) is 7.79. The van der Waals surface area contributed by atoms with Crippen LogP contribution in [0.3, 0.4) is 0 Å². The van der Waals surface area contributed by atoms with Crippen LogP contribution in [0.1, 0.15) is 43.5 Å². The molecule has 1 rings (SSSR count). The predicted octanol–water partition coefficient (Wildman–Crippen LogP) is 2.73. The van der Waals surface area contributed by atoms with Gasteiger partial charge in [-0.3, -0.25) is 9.78 Å². The minimum atomic E-state index is 0.100. The number of pyridine rings is 1. The van der Waals surface area contributed by atoms with Gasteiger partial charge in [0.15, 0.2) is 0 Å². The molecule has 0 atom stereocenters. The Labute approximate surface area is 97.5 Å². The Kier molecular flexibility index (Phi) is 5.54. The Balaban J connectivity index is 2.67. The highest BCUT2D eigenvalue weighted by atomic mass is 16.2. The largest absolute Gasteiger partial charge is 0.339 e. The molecule has 3 heteroatoms. The maximum Gasteiger partial charge on any atom is 0.255 e. The van der Waals surface area contributed by atoms with Gasteiger partial charge in [0.2, 0.25) is 0 Å². The second-order valence-corrected chi connectivity index (χ2v) is 3.89. The zero-order valence-corrected chi connectivity index (χ0v) is 10.1. The third-order valence-electron chi connectivity index (χ3n) is 2.47. The number of carbonyl (C=O) groups is 1. The normalized spacial score (nSPS) is 10.1. The van der Waals surface area contributed by atoms with Gasteiger partial charge in [-0.2, -0.15) is 0 Å². The highest BCUT2D eigenvalue weighted by molar-refractivity contribution is 5.93. The second kappa shape index (κ2) is 6.99. The van der Waals surface area contributed by atoms with Crippen molar-refractivity contribution in [3.05, 3.63) is 30.1 Å². The standard InChI is InChI=1S/C13H20N2O/c1-3-5-10-15(9-4-2)13(16)12-7-6-8-14-11-12/h6-8,11H,3-5,9-10H2,1-2H3. The van der Waals surface area contributed by atoms with E-state index in [1.54, 1.807) is 18.5 Å². The van der Waals surface area contributed by atoms with Crippen LogP contribution in [0, 0.1) is 0 Å². The Morgan fingerprint density at radius 3 is 2.69 bits per heavy atom. The van der Waals surface area contributed by atoms with E-state index in [4.69, 9.17) is 0 Å². The van der Waals surface area contributed by atoms with Crippen molar-refractivity contribution in [3.8, 4) is 0 Å². The van der Waals surface area contributed by atoms with Crippen molar-refractivity contribution < 1.29 is 4.79 Å². The lowest BCUT2D eigenvalue weighted by Gasteiger charge is -2.21. The molecule has 0 spiro atoms. The Morgan fingerprint density at radius 1 is 1.31 bits per heavy atom. The van der Waals surface area contributed by atoms with Crippen LogP contribution in [0.25, 0.3) is 0 Å². The fourth-order valence-corrected chi connectivity index (χ4v) is 1.61. The van der Waals surface area contributed by atoms with E-state index in [-0.39, 0.29) is 5.91 Å². The second-order valence-electron chi connectivity index (χ2n) is 3.89. The number of unbranched alkanes of at least 4 members (excludes halogenated alkanes) is 1. The molecule has 0 N–H and O–H groups in total. The molecular formula is C13H20N2O. The summed E-state index contributed by atoms with van der Waals surface area (Å²) in [4.78, 5) is 18.0. The van der Waals surface area contributed by atoms with Crippen LogP contribution in [-0.2, 0) is 0 Å². The number of nitrogens with zero attached hydrogens (tertiary/aromatic N) is 2. The van der Waals surface area contributed by atoms with Gasteiger partial charge in [-0.15, -0.1) is 0 Å². The number of rotatable bonds is 6. The summed E-state index contributed by atoms with van der Waals surface area (Å²) in [6, 6.07) is 3.63. The van der Waals surface area contributed by atoms with Crippen LogP contribution in [0.2, 0.25) is 0 Å². The molecule has 1 heterocycles. The van der Waals surface area contributed by atoms with E-state index in [1.165, 1.54) is 0 Å². The molecule has 0 bridgehead atoms. The van der Waals surface area contributed by atoms with E-state index in [1.807, 2.05) is 11.0 Å².